The van der Waals surface area contributed by atoms with Gasteiger partial charge in [0.15, 0.2) is 5.65 Å². The lowest BCUT2D eigenvalue weighted by Gasteiger charge is -2.08. The number of alkyl halides is 4. The van der Waals surface area contributed by atoms with Crippen molar-refractivity contribution in [3.63, 3.8) is 0 Å². The first kappa shape index (κ1) is 14.9. The van der Waals surface area contributed by atoms with Gasteiger partial charge >= 0.3 is 5.51 Å². The Morgan fingerprint density at radius 2 is 2.16 bits per heavy atom. The Balaban J connectivity index is 2.25. The van der Waals surface area contributed by atoms with Crippen LogP contribution in [0.15, 0.2) is 16.7 Å². The number of aromatic nitrogens is 3. The Bertz CT molecular complexity index is 587. The summed E-state index contributed by atoms with van der Waals surface area (Å²) in [5.41, 5.74) is -3.07. The first-order valence-corrected chi connectivity index (χ1v) is 7.49. The largest absolute Gasteiger partial charge is 0.441 e. The third-order valence-electron chi connectivity index (χ3n) is 2.33. The zero-order valence-electron chi connectivity index (χ0n) is 9.42. The van der Waals surface area contributed by atoms with Crippen molar-refractivity contribution < 1.29 is 13.2 Å². The molecule has 2 aromatic rings. The number of aryl methyl sites for hydroxylation is 1. The van der Waals surface area contributed by atoms with Gasteiger partial charge in [-0.1, -0.05) is 0 Å². The van der Waals surface area contributed by atoms with Crippen molar-refractivity contribution in [3.8, 4) is 0 Å². The summed E-state index contributed by atoms with van der Waals surface area (Å²) in [6.45, 7) is 0.164. The van der Waals surface area contributed by atoms with Crippen LogP contribution in [0, 0.1) is 0 Å². The van der Waals surface area contributed by atoms with E-state index in [1.54, 1.807) is 16.8 Å². The average Bonchev–Trinajstić information content (AvgIpc) is 2.65. The van der Waals surface area contributed by atoms with E-state index >= 15 is 0 Å². The molecule has 2 heterocycles. The predicted octanol–water partition coefficient (Wildman–Crippen LogP) is 4.19. The van der Waals surface area contributed by atoms with Gasteiger partial charge in [0.05, 0.1) is 5.88 Å². The molecule has 2 rings (SSSR count). The van der Waals surface area contributed by atoms with Crippen molar-refractivity contribution >= 4 is 50.5 Å². The summed E-state index contributed by atoms with van der Waals surface area (Å²) in [7, 11) is 0. The standard InChI is InChI=1S/C10H8BrClF3N3S/c11-6-3-7-9(16-5-6)18(8(4-12)17-7)1-2-19-10(13,14)15/h3,5H,1-2,4H2. The quantitative estimate of drug-likeness (QED) is 0.752. The minimum absolute atomic E-state index is 0.0660. The maximum absolute atomic E-state index is 12.1. The van der Waals surface area contributed by atoms with E-state index in [2.05, 4.69) is 25.9 Å². The SMILES string of the molecule is FC(F)(F)SCCn1c(CCl)nc2cc(Br)cnc21. The predicted molar refractivity (Wildman–Crippen MR) is 73.3 cm³/mol. The minimum Gasteiger partial charge on any atom is -0.311 e. The van der Waals surface area contributed by atoms with Gasteiger partial charge in [-0.05, 0) is 33.8 Å². The first-order chi connectivity index (χ1) is 8.90. The highest BCUT2D eigenvalue weighted by Gasteiger charge is 2.27. The monoisotopic (exact) mass is 373 g/mol. The number of halogens is 5. The lowest BCUT2D eigenvalue weighted by molar-refractivity contribution is -0.0328. The molecule has 0 radical (unpaired) electrons. The van der Waals surface area contributed by atoms with Gasteiger partial charge < -0.3 is 4.57 Å². The van der Waals surface area contributed by atoms with Crippen LogP contribution < -0.4 is 0 Å². The fourth-order valence-electron chi connectivity index (χ4n) is 1.62. The Morgan fingerprint density at radius 1 is 1.42 bits per heavy atom. The summed E-state index contributed by atoms with van der Waals surface area (Å²) >= 11 is 8.96. The van der Waals surface area contributed by atoms with E-state index in [1.807, 2.05) is 0 Å². The first-order valence-electron chi connectivity index (χ1n) is 5.18. The molecule has 0 spiro atoms. The van der Waals surface area contributed by atoms with Crippen molar-refractivity contribution in [2.75, 3.05) is 5.75 Å². The number of fused-ring (bicyclic) bond motifs is 1. The normalized spacial score (nSPS) is 12.3. The van der Waals surface area contributed by atoms with E-state index in [-0.39, 0.29) is 29.9 Å². The van der Waals surface area contributed by atoms with Gasteiger partial charge in [0.25, 0.3) is 0 Å². The molecule has 0 bridgehead atoms. The summed E-state index contributed by atoms with van der Waals surface area (Å²) in [4.78, 5) is 8.42. The number of nitrogens with zero attached hydrogens (tertiary/aromatic N) is 3. The van der Waals surface area contributed by atoms with Crippen LogP contribution in [0.25, 0.3) is 11.2 Å². The molecule has 19 heavy (non-hydrogen) atoms. The molecule has 3 nitrogen and oxygen atoms in total. The van der Waals surface area contributed by atoms with Gasteiger partial charge in [0, 0.05) is 23.0 Å². The minimum atomic E-state index is -4.23. The lowest BCUT2D eigenvalue weighted by atomic mass is 10.4. The molecular formula is C10H8BrClF3N3S. The molecule has 0 aliphatic heterocycles. The Kier molecular flexibility index (Phi) is 4.62. The highest BCUT2D eigenvalue weighted by molar-refractivity contribution is 9.10. The molecule has 9 heteroatoms. The number of imidazole rings is 1. The number of thioether (sulfide) groups is 1. The second kappa shape index (κ2) is 5.88. The lowest BCUT2D eigenvalue weighted by Crippen LogP contribution is -2.09. The van der Waals surface area contributed by atoms with Crippen molar-refractivity contribution in [1.29, 1.82) is 0 Å². The van der Waals surface area contributed by atoms with Crippen LogP contribution in [0.1, 0.15) is 5.82 Å². The summed E-state index contributed by atoms with van der Waals surface area (Å²) in [6.07, 6.45) is 1.58. The van der Waals surface area contributed by atoms with Gasteiger partial charge in [-0.2, -0.15) is 13.2 Å². The van der Waals surface area contributed by atoms with E-state index in [1.165, 1.54) is 0 Å². The molecule has 0 N–H and O–H groups in total. The van der Waals surface area contributed by atoms with Crippen molar-refractivity contribution in [2.45, 2.75) is 17.9 Å². The van der Waals surface area contributed by atoms with Gasteiger partial charge in [-0.15, -0.1) is 11.6 Å². The number of hydrogen-bond donors (Lipinski definition) is 0. The summed E-state index contributed by atoms with van der Waals surface area (Å²) in [5.74, 6) is 0.548. The van der Waals surface area contributed by atoms with Crippen molar-refractivity contribution in [1.82, 2.24) is 14.5 Å². The van der Waals surface area contributed by atoms with Crippen LogP contribution in [0.3, 0.4) is 0 Å². The summed E-state index contributed by atoms with van der Waals surface area (Å²) in [6, 6.07) is 1.76. The van der Waals surface area contributed by atoms with Crippen molar-refractivity contribution in [2.24, 2.45) is 0 Å². The maximum Gasteiger partial charge on any atom is 0.441 e. The smallest absolute Gasteiger partial charge is 0.311 e. The molecule has 0 aliphatic rings. The second-order valence-corrected chi connectivity index (χ2v) is 5.95. The molecular weight excluding hydrogens is 367 g/mol. The highest BCUT2D eigenvalue weighted by atomic mass is 79.9. The second-order valence-electron chi connectivity index (χ2n) is 3.60. The Labute approximate surface area is 124 Å². The fourth-order valence-corrected chi connectivity index (χ4v) is 2.65. The highest BCUT2D eigenvalue weighted by Crippen LogP contribution is 2.30. The van der Waals surface area contributed by atoms with Crippen molar-refractivity contribution in [3.05, 3.63) is 22.6 Å². The van der Waals surface area contributed by atoms with Crippen LogP contribution in [0.4, 0.5) is 13.2 Å². The molecule has 104 valence electrons. The van der Waals surface area contributed by atoms with Crippen LogP contribution in [-0.4, -0.2) is 25.8 Å². The topological polar surface area (TPSA) is 30.7 Å². The van der Waals surface area contributed by atoms with E-state index in [0.29, 0.717) is 17.0 Å². The molecule has 2 aromatic heterocycles. The summed E-state index contributed by atoms with van der Waals surface area (Å²) in [5, 5.41) is 0. The number of rotatable bonds is 4. The Hall–Kier alpha value is -0.470. The van der Waals surface area contributed by atoms with Gasteiger partial charge in [-0.25, -0.2) is 9.97 Å². The molecule has 0 amide bonds. The van der Waals surface area contributed by atoms with Crippen LogP contribution in [0.2, 0.25) is 0 Å². The van der Waals surface area contributed by atoms with E-state index < -0.39 is 5.51 Å². The maximum atomic E-state index is 12.1. The van der Waals surface area contributed by atoms with Crippen LogP contribution >= 0.6 is 39.3 Å². The number of hydrogen-bond acceptors (Lipinski definition) is 3. The van der Waals surface area contributed by atoms with Crippen LogP contribution in [0.5, 0.6) is 0 Å². The van der Waals surface area contributed by atoms with E-state index in [9.17, 15) is 13.2 Å². The molecule has 0 aromatic carbocycles. The average molecular weight is 375 g/mol. The van der Waals surface area contributed by atoms with Gasteiger partial charge in [0.2, 0.25) is 0 Å². The third-order valence-corrected chi connectivity index (χ3v) is 3.72. The zero-order valence-corrected chi connectivity index (χ0v) is 12.6. The molecule has 0 saturated heterocycles. The molecule has 0 saturated carbocycles. The fraction of sp³-hybridized carbons (Fsp3) is 0.400. The van der Waals surface area contributed by atoms with Gasteiger partial charge in [-0.3, -0.25) is 0 Å². The third kappa shape index (κ3) is 3.76. The molecule has 0 atom stereocenters. The molecule has 0 aliphatic carbocycles. The van der Waals surface area contributed by atoms with E-state index in [4.69, 9.17) is 11.6 Å². The van der Waals surface area contributed by atoms with E-state index in [0.717, 1.165) is 4.47 Å². The van der Waals surface area contributed by atoms with Crippen LogP contribution in [-0.2, 0) is 12.4 Å². The zero-order chi connectivity index (χ0) is 14.0. The molecule has 0 fully saturated rings. The molecule has 0 unspecified atom stereocenters. The van der Waals surface area contributed by atoms with Gasteiger partial charge in [0.1, 0.15) is 11.3 Å². The Morgan fingerprint density at radius 3 is 2.79 bits per heavy atom. The number of pyridine rings is 1. The summed E-state index contributed by atoms with van der Waals surface area (Å²) < 4.78 is 38.7.